The molecule has 2 aromatic carbocycles. The predicted molar refractivity (Wildman–Crippen MR) is 93.9 cm³/mol. The number of ketones is 1. The Morgan fingerprint density at radius 1 is 1.11 bits per heavy atom. The number of hydrogen-bond donors (Lipinski definition) is 1. The van der Waals surface area contributed by atoms with Gasteiger partial charge in [0.1, 0.15) is 18.1 Å². The summed E-state index contributed by atoms with van der Waals surface area (Å²) < 4.78 is 17.9. The van der Waals surface area contributed by atoms with Gasteiger partial charge in [-0.2, -0.15) is 0 Å². The van der Waals surface area contributed by atoms with Crippen LogP contribution >= 0.6 is 0 Å². The third-order valence-corrected chi connectivity index (χ3v) is 4.30. The maximum absolute atomic E-state index is 13.3. The molecule has 1 N–H and O–H groups in total. The lowest BCUT2D eigenvalue weighted by molar-refractivity contribution is -0.148. The van der Waals surface area contributed by atoms with Crippen LogP contribution in [0.4, 0.5) is 4.39 Å². The second-order valence-corrected chi connectivity index (χ2v) is 5.92. The minimum absolute atomic E-state index is 0.165. The van der Waals surface area contributed by atoms with Gasteiger partial charge in [-0.05, 0) is 17.7 Å². The average molecular weight is 369 g/mol. The molecular formula is C20H16FNO5. The monoisotopic (exact) mass is 369 g/mol. The maximum Gasteiger partial charge on any atom is 0.325 e. The van der Waals surface area contributed by atoms with Gasteiger partial charge in [-0.3, -0.25) is 14.4 Å². The highest BCUT2D eigenvalue weighted by Gasteiger charge is 2.46. The number of rotatable bonds is 4. The normalized spacial score (nSPS) is 18.6. The number of benzene rings is 2. The van der Waals surface area contributed by atoms with Gasteiger partial charge < -0.3 is 14.7 Å². The van der Waals surface area contributed by atoms with E-state index >= 15 is 0 Å². The van der Waals surface area contributed by atoms with Crippen LogP contribution in [-0.2, 0) is 19.1 Å². The van der Waals surface area contributed by atoms with Crippen molar-refractivity contribution >= 4 is 23.4 Å². The number of aliphatic hydroxyl groups is 1. The summed E-state index contributed by atoms with van der Waals surface area (Å²) in [6.07, 6.45) is 0. The largest absolute Gasteiger partial charge is 0.507 e. The fourth-order valence-corrected chi connectivity index (χ4v) is 2.99. The standard InChI is InChI=1S/C20H16FNO5/c1-27-15(23)11-22-17(12-7-9-14(21)10-8-12)16(19(25)20(22)26)18(24)13-5-3-2-4-6-13/h2-10,17,24H,11H2,1H3. The smallest absolute Gasteiger partial charge is 0.325 e. The minimum Gasteiger partial charge on any atom is -0.507 e. The van der Waals surface area contributed by atoms with E-state index in [2.05, 4.69) is 4.74 Å². The van der Waals surface area contributed by atoms with E-state index in [0.717, 1.165) is 12.0 Å². The van der Waals surface area contributed by atoms with Gasteiger partial charge >= 0.3 is 5.97 Å². The van der Waals surface area contributed by atoms with Crippen molar-refractivity contribution in [2.75, 3.05) is 13.7 Å². The molecule has 0 radical (unpaired) electrons. The summed E-state index contributed by atoms with van der Waals surface area (Å²) in [5, 5.41) is 10.7. The molecule has 1 unspecified atom stereocenters. The molecule has 1 heterocycles. The highest BCUT2D eigenvalue weighted by Crippen LogP contribution is 2.39. The number of esters is 1. The van der Waals surface area contributed by atoms with E-state index in [1.807, 2.05) is 0 Å². The van der Waals surface area contributed by atoms with Gasteiger partial charge in [0.15, 0.2) is 0 Å². The number of ether oxygens (including phenoxy) is 1. The molecule has 1 aliphatic rings. The first-order chi connectivity index (χ1) is 12.9. The molecule has 1 atom stereocenters. The summed E-state index contributed by atoms with van der Waals surface area (Å²) in [7, 11) is 1.16. The van der Waals surface area contributed by atoms with Crippen molar-refractivity contribution in [1.82, 2.24) is 4.90 Å². The van der Waals surface area contributed by atoms with E-state index in [0.29, 0.717) is 11.1 Å². The fraction of sp³-hybridized carbons (Fsp3) is 0.150. The average Bonchev–Trinajstić information content (AvgIpc) is 2.93. The zero-order valence-corrected chi connectivity index (χ0v) is 14.4. The van der Waals surface area contributed by atoms with Crippen LogP contribution in [0.25, 0.3) is 5.76 Å². The fourth-order valence-electron chi connectivity index (χ4n) is 2.99. The number of hydrogen-bond acceptors (Lipinski definition) is 5. The first-order valence-corrected chi connectivity index (χ1v) is 8.10. The molecule has 1 amide bonds. The first kappa shape index (κ1) is 18.3. The SMILES string of the molecule is COC(=O)CN1C(=O)C(=O)C(=C(O)c2ccccc2)C1c1ccc(F)cc1. The number of amides is 1. The number of carbonyl (C=O) groups is 3. The summed E-state index contributed by atoms with van der Waals surface area (Å²) in [5.74, 6) is -3.44. The Kier molecular flexibility index (Phi) is 5.03. The molecule has 1 aliphatic heterocycles. The maximum atomic E-state index is 13.3. The van der Waals surface area contributed by atoms with Crippen molar-refractivity contribution in [2.45, 2.75) is 6.04 Å². The molecule has 2 aromatic rings. The molecule has 138 valence electrons. The van der Waals surface area contributed by atoms with Crippen molar-refractivity contribution in [3.63, 3.8) is 0 Å². The zero-order valence-electron chi connectivity index (χ0n) is 14.4. The quantitative estimate of drug-likeness (QED) is 0.387. The predicted octanol–water partition coefficient (Wildman–Crippen LogP) is 2.42. The van der Waals surface area contributed by atoms with Gasteiger partial charge in [-0.15, -0.1) is 0 Å². The third-order valence-electron chi connectivity index (χ3n) is 4.30. The van der Waals surface area contributed by atoms with Crippen molar-refractivity contribution in [2.24, 2.45) is 0 Å². The van der Waals surface area contributed by atoms with Crippen molar-refractivity contribution in [3.8, 4) is 0 Å². The van der Waals surface area contributed by atoms with Crippen molar-refractivity contribution in [1.29, 1.82) is 0 Å². The molecule has 6 nitrogen and oxygen atoms in total. The van der Waals surface area contributed by atoms with Crippen LogP contribution in [0, 0.1) is 5.82 Å². The Hall–Kier alpha value is -3.48. The Morgan fingerprint density at radius 2 is 1.74 bits per heavy atom. The molecule has 1 saturated heterocycles. The van der Waals surface area contributed by atoms with Gasteiger partial charge in [0, 0.05) is 5.56 Å². The van der Waals surface area contributed by atoms with Crippen LogP contribution in [-0.4, -0.2) is 41.3 Å². The Morgan fingerprint density at radius 3 is 2.33 bits per heavy atom. The number of halogens is 1. The summed E-state index contributed by atoms with van der Waals surface area (Å²) in [4.78, 5) is 37.9. The lowest BCUT2D eigenvalue weighted by atomic mass is 9.95. The second-order valence-electron chi connectivity index (χ2n) is 5.92. The number of carbonyl (C=O) groups excluding carboxylic acids is 3. The third kappa shape index (κ3) is 3.44. The van der Waals surface area contributed by atoms with Crippen LogP contribution in [0.15, 0.2) is 60.2 Å². The van der Waals surface area contributed by atoms with Crippen molar-refractivity contribution < 1.29 is 28.6 Å². The molecule has 0 bridgehead atoms. The van der Waals surface area contributed by atoms with E-state index in [4.69, 9.17) is 0 Å². The molecule has 7 heteroatoms. The van der Waals surface area contributed by atoms with E-state index < -0.39 is 36.1 Å². The van der Waals surface area contributed by atoms with Gasteiger partial charge in [0.05, 0.1) is 18.7 Å². The van der Waals surface area contributed by atoms with E-state index in [9.17, 15) is 23.9 Å². The number of likely N-dealkylation sites (tertiary alicyclic amines) is 1. The van der Waals surface area contributed by atoms with Crippen molar-refractivity contribution in [3.05, 3.63) is 77.1 Å². The van der Waals surface area contributed by atoms with E-state index in [1.54, 1.807) is 30.3 Å². The number of nitrogens with zero attached hydrogens (tertiary/aromatic N) is 1. The van der Waals surface area contributed by atoms with Gasteiger partial charge in [0.25, 0.3) is 11.7 Å². The molecule has 0 saturated carbocycles. The summed E-state index contributed by atoms with van der Waals surface area (Å²) in [6, 6.07) is 12.4. The topological polar surface area (TPSA) is 83.9 Å². The second kappa shape index (κ2) is 7.41. The molecular weight excluding hydrogens is 353 g/mol. The van der Waals surface area contributed by atoms with Crippen LogP contribution in [0.5, 0.6) is 0 Å². The van der Waals surface area contributed by atoms with Crippen LogP contribution in [0.2, 0.25) is 0 Å². The van der Waals surface area contributed by atoms with Crippen LogP contribution in [0.3, 0.4) is 0 Å². The van der Waals surface area contributed by atoms with E-state index in [-0.39, 0.29) is 11.3 Å². The molecule has 3 rings (SSSR count). The number of aliphatic hydroxyl groups excluding tert-OH is 1. The lowest BCUT2D eigenvalue weighted by Gasteiger charge is -2.24. The Balaban J connectivity index is 2.17. The molecule has 0 spiro atoms. The van der Waals surface area contributed by atoms with Gasteiger partial charge in [0.2, 0.25) is 0 Å². The molecule has 0 aromatic heterocycles. The zero-order chi connectivity index (χ0) is 19.6. The summed E-state index contributed by atoms with van der Waals surface area (Å²) in [5.41, 5.74) is 0.569. The Labute approximate surface area is 154 Å². The lowest BCUT2D eigenvalue weighted by Crippen LogP contribution is -2.35. The van der Waals surface area contributed by atoms with Crippen LogP contribution in [0.1, 0.15) is 17.2 Å². The summed E-state index contributed by atoms with van der Waals surface area (Å²) in [6.45, 7) is -0.477. The van der Waals surface area contributed by atoms with E-state index in [1.165, 1.54) is 24.3 Å². The first-order valence-electron chi connectivity index (χ1n) is 8.10. The van der Waals surface area contributed by atoms with Gasteiger partial charge in [-0.1, -0.05) is 42.5 Å². The minimum atomic E-state index is -1.04. The van der Waals surface area contributed by atoms with Gasteiger partial charge in [-0.25, -0.2) is 4.39 Å². The molecule has 1 fully saturated rings. The molecule has 0 aliphatic carbocycles. The highest BCUT2D eigenvalue weighted by atomic mass is 19.1. The Bertz CT molecular complexity index is 921. The number of Topliss-reactive ketones (excluding diaryl/α,β-unsaturated/α-hetero) is 1. The van der Waals surface area contributed by atoms with Crippen LogP contribution < -0.4 is 0 Å². The summed E-state index contributed by atoms with van der Waals surface area (Å²) >= 11 is 0. The number of methoxy groups -OCH3 is 1. The molecule has 27 heavy (non-hydrogen) atoms. The highest BCUT2D eigenvalue weighted by molar-refractivity contribution is 6.46.